The van der Waals surface area contributed by atoms with Crippen LogP contribution in [0, 0.1) is 5.92 Å². The second-order valence-electron chi connectivity index (χ2n) is 7.38. The van der Waals surface area contributed by atoms with Crippen molar-refractivity contribution < 1.29 is 19.4 Å². The van der Waals surface area contributed by atoms with E-state index in [2.05, 4.69) is 6.92 Å². The van der Waals surface area contributed by atoms with Gasteiger partial charge in [-0.2, -0.15) is 0 Å². The lowest BCUT2D eigenvalue weighted by atomic mass is 9.80. The first-order chi connectivity index (χ1) is 14.0. The number of carbonyl (C=O) groups excluding carboxylic acids is 1. The van der Waals surface area contributed by atoms with Crippen LogP contribution < -0.4 is 14.6 Å². The third-order valence-electron chi connectivity index (χ3n) is 5.39. The van der Waals surface area contributed by atoms with E-state index in [4.69, 9.17) is 14.5 Å². The fourth-order valence-corrected chi connectivity index (χ4v) is 4.18. The maximum atomic E-state index is 12.0. The molecule has 0 bridgehead atoms. The summed E-state index contributed by atoms with van der Waals surface area (Å²) in [5.74, 6) is 0.412. The van der Waals surface area contributed by atoms with Crippen LogP contribution in [0.25, 0.3) is 22.6 Å². The van der Waals surface area contributed by atoms with Crippen molar-refractivity contribution in [3.05, 3.63) is 64.8 Å². The minimum atomic E-state index is -1.16. The van der Waals surface area contributed by atoms with Gasteiger partial charge < -0.3 is 19.4 Å². The monoisotopic (exact) mass is 388 g/mol. The van der Waals surface area contributed by atoms with Gasteiger partial charge in [0.05, 0.1) is 31.4 Å². The molecule has 4 rings (SSSR count). The molecule has 0 amide bonds. The average molecular weight is 388 g/mol. The third kappa shape index (κ3) is 3.33. The Kier molecular flexibility index (Phi) is 4.97. The van der Waals surface area contributed by atoms with Crippen LogP contribution in [-0.2, 0) is 6.42 Å². The second-order valence-corrected chi connectivity index (χ2v) is 7.38. The molecular formula is C24H22NO4-. The number of pyridine rings is 1. The maximum Gasteiger partial charge on any atom is 0.167 e. The zero-order valence-electron chi connectivity index (χ0n) is 16.7. The molecule has 5 nitrogen and oxygen atoms in total. The largest absolute Gasteiger partial charge is 0.545 e. The summed E-state index contributed by atoms with van der Waals surface area (Å²) in [6.45, 7) is 2.12. The summed E-state index contributed by atoms with van der Waals surface area (Å²) in [7, 11) is 3.21. The summed E-state index contributed by atoms with van der Waals surface area (Å²) < 4.78 is 11.0. The van der Waals surface area contributed by atoms with E-state index < -0.39 is 5.97 Å². The minimum absolute atomic E-state index is 0.251. The highest BCUT2D eigenvalue weighted by Crippen LogP contribution is 2.40. The van der Waals surface area contributed by atoms with Gasteiger partial charge >= 0.3 is 0 Å². The highest BCUT2D eigenvalue weighted by atomic mass is 16.5. The predicted molar refractivity (Wildman–Crippen MR) is 111 cm³/mol. The summed E-state index contributed by atoms with van der Waals surface area (Å²) >= 11 is 0. The Balaban J connectivity index is 1.98. The number of para-hydroxylation sites is 2. The van der Waals surface area contributed by atoms with Crippen molar-refractivity contribution >= 4 is 28.5 Å². The van der Waals surface area contributed by atoms with Crippen LogP contribution in [0.2, 0.25) is 0 Å². The van der Waals surface area contributed by atoms with Gasteiger partial charge in [0.2, 0.25) is 0 Å². The summed E-state index contributed by atoms with van der Waals surface area (Å²) in [5, 5.41) is 12.7. The molecule has 1 aliphatic rings. The molecule has 1 heterocycles. The Morgan fingerprint density at radius 2 is 1.90 bits per heavy atom. The number of fused-ring (bicyclic) bond motifs is 2. The van der Waals surface area contributed by atoms with Crippen molar-refractivity contribution in [3.63, 3.8) is 0 Å². The number of carboxylic acids is 1. The van der Waals surface area contributed by atoms with Gasteiger partial charge in [0.1, 0.15) is 0 Å². The Bertz CT molecular complexity index is 1130. The van der Waals surface area contributed by atoms with E-state index in [1.54, 1.807) is 20.3 Å². The average Bonchev–Trinajstić information content (AvgIpc) is 2.71. The first kappa shape index (κ1) is 19.0. The van der Waals surface area contributed by atoms with Crippen molar-refractivity contribution in [3.8, 4) is 11.5 Å². The van der Waals surface area contributed by atoms with Crippen LogP contribution in [-0.4, -0.2) is 25.2 Å². The molecule has 1 atom stereocenters. The quantitative estimate of drug-likeness (QED) is 0.681. The molecule has 0 saturated heterocycles. The number of hydrogen-bond acceptors (Lipinski definition) is 5. The van der Waals surface area contributed by atoms with Crippen molar-refractivity contribution in [2.75, 3.05) is 14.2 Å². The highest BCUT2D eigenvalue weighted by Gasteiger charge is 2.26. The Hall–Kier alpha value is -3.34. The van der Waals surface area contributed by atoms with Crippen LogP contribution in [0.15, 0.2) is 42.5 Å². The lowest BCUT2D eigenvalue weighted by Crippen LogP contribution is -2.27. The van der Waals surface area contributed by atoms with Crippen molar-refractivity contribution in [2.24, 2.45) is 5.92 Å². The maximum absolute atomic E-state index is 12.0. The van der Waals surface area contributed by atoms with Gasteiger partial charge in [-0.15, -0.1) is 0 Å². The van der Waals surface area contributed by atoms with Crippen molar-refractivity contribution in [2.45, 2.75) is 19.8 Å². The zero-order chi connectivity index (χ0) is 20.5. The number of allylic oxidation sites excluding steroid dienone is 1. The van der Waals surface area contributed by atoms with E-state index in [1.807, 2.05) is 42.5 Å². The molecular weight excluding hydrogens is 366 g/mol. The number of carboxylic acid groups (broad SMARTS) is 1. The molecule has 1 aliphatic carbocycles. The van der Waals surface area contributed by atoms with Gasteiger partial charge in [-0.3, -0.25) is 0 Å². The summed E-state index contributed by atoms with van der Waals surface area (Å²) in [6, 6.07) is 13.0. The molecule has 3 aromatic rings. The van der Waals surface area contributed by atoms with Gasteiger partial charge in [0.25, 0.3) is 0 Å². The molecule has 2 aromatic carbocycles. The molecule has 148 valence electrons. The van der Waals surface area contributed by atoms with Gasteiger partial charge in [0.15, 0.2) is 11.5 Å². The molecule has 0 saturated carbocycles. The van der Waals surface area contributed by atoms with Crippen molar-refractivity contribution in [1.82, 2.24) is 4.98 Å². The van der Waals surface area contributed by atoms with E-state index in [1.165, 1.54) is 0 Å². The van der Waals surface area contributed by atoms with Crippen LogP contribution in [0.4, 0.5) is 0 Å². The normalized spacial score (nSPS) is 17.2. The van der Waals surface area contributed by atoms with Gasteiger partial charge in [-0.25, -0.2) is 4.98 Å². The van der Waals surface area contributed by atoms with E-state index >= 15 is 0 Å². The Labute approximate surface area is 169 Å². The number of aromatic nitrogens is 1. The molecule has 0 spiro atoms. The number of rotatable bonds is 4. The topological polar surface area (TPSA) is 71.5 Å². The van der Waals surface area contributed by atoms with Crippen LogP contribution in [0.5, 0.6) is 11.5 Å². The van der Waals surface area contributed by atoms with Gasteiger partial charge in [0, 0.05) is 16.5 Å². The number of benzene rings is 2. The fraction of sp³-hybridized carbons (Fsp3) is 0.250. The molecule has 5 heteroatoms. The second kappa shape index (κ2) is 7.59. The molecule has 0 radical (unpaired) electrons. The number of carbonyl (C=O) groups is 1. The summed E-state index contributed by atoms with van der Waals surface area (Å²) in [5.41, 5.74) is 4.23. The molecule has 29 heavy (non-hydrogen) atoms. The summed E-state index contributed by atoms with van der Waals surface area (Å²) in [4.78, 5) is 16.9. The van der Waals surface area contributed by atoms with E-state index in [0.717, 1.165) is 28.8 Å². The smallest absolute Gasteiger partial charge is 0.167 e. The van der Waals surface area contributed by atoms with Crippen LogP contribution >= 0.6 is 0 Å². The summed E-state index contributed by atoms with van der Waals surface area (Å²) in [6.07, 6.45) is 3.48. The van der Waals surface area contributed by atoms with Gasteiger partial charge in [-0.1, -0.05) is 37.3 Å². The molecule has 0 fully saturated rings. The van der Waals surface area contributed by atoms with Crippen molar-refractivity contribution in [1.29, 1.82) is 0 Å². The van der Waals surface area contributed by atoms with Crippen LogP contribution in [0.1, 0.15) is 40.5 Å². The lowest BCUT2D eigenvalue weighted by molar-refractivity contribution is -0.254. The minimum Gasteiger partial charge on any atom is -0.545 e. The first-order valence-corrected chi connectivity index (χ1v) is 9.58. The SMILES string of the molecule is COc1cccc(/C=C2\C[C@H](C)Cc3c2nc2ccccc2c3C(=O)[O-])c1OC. The number of aromatic carboxylic acids is 1. The van der Waals surface area contributed by atoms with E-state index in [0.29, 0.717) is 28.8 Å². The number of nitrogens with zero attached hydrogens (tertiary/aromatic N) is 1. The lowest BCUT2D eigenvalue weighted by Gasteiger charge is -2.27. The number of methoxy groups -OCH3 is 2. The predicted octanol–water partition coefficient (Wildman–Crippen LogP) is 3.74. The molecule has 0 aliphatic heterocycles. The molecule has 1 aromatic heterocycles. The molecule has 0 N–H and O–H groups in total. The Morgan fingerprint density at radius 1 is 1.10 bits per heavy atom. The Morgan fingerprint density at radius 3 is 2.62 bits per heavy atom. The van der Waals surface area contributed by atoms with E-state index in [9.17, 15) is 9.90 Å². The van der Waals surface area contributed by atoms with Crippen LogP contribution in [0.3, 0.4) is 0 Å². The highest BCUT2D eigenvalue weighted by molar-refractivity contribution is 6.05. The number of hydrogen-bond donors (Lipinski definition) is 0. The fourth-order valence-electron chi connectivity index (χ4n) is 4.18. The molecule has 0 unspecified atom stereocenters. The first-order valence-electron chi connectivity index (χ1n) is 9.58. The number of ether oxygens (including phenoxy) is 2. The zero-order valence-corrected chi connectivity index (χ0v) is 16.7. The third-order valence-corrected chi connectivity index (χ3v) is 5.39. The standard InChI is InChI=1S/C24H23NO4/c1-14-11-16(13-15-7-6-10-20(28-2)23(15)29-3)22-18(12-14)21(24(26)27)17-8-4-5-9-19(17)25-22/h4-10,13-14H,11-12H2,1-3H3,(H,26,27)/p-1/b16-13+/t14-/m0/s1. The van der Waals surface area contributed by atoms with E-state index in [-0.39, 0.29) is 11.5 Å². The van der Waals surface area contributed by atoms with Gasteiger partial charge in [-0.05, 0) is 48.1 Å².